The Morgan fingerprint density at radius 2 is 1.71 bits per heavy atom. The monoisotopic (exact) mass is 651 g/mol. The third-order valence-electron chi connectivity index (χ3n) is 6.89. The summed E-state index contributed by atoms with van der Waals surface area (Å²) >= 11 is 1.49. The number of ether oxygens (including phenoxy) is 1. The van der Waals surface area contributed by atoms with E-state index >= 15 is 0 Å². The number of halogens is 3. The Kier molecular flexibility index (Phi) is 11.5. The van der Waals surface area contributed by atoms with E-state index in [9.17, 15) is 30.0 Å². The molecule has 0 aliphatic carbocycles. The molecular formula is C26H36F3N5O5S3. The van der Waals surface area contributed by atoms with Gasteiger partial charge < -0.3 is 20.3 Å². The van der Waals surface area contributed by atoms with E-state index in [1.807, 2.05) is 30.3 Å². The molecule has 2 saturated heterocycles. The van der Waals surface area contributed by atoms with Crippen LogP contribution < -0.4 is 15.5 Å². The van der Waals surface area contributed by atoms with E-state index in [4.69, 9.17) is 4.74 Å². The fourth-order valence-electron chi connectivity index (χ4n) is 4.61. The molecule has 0 radical (unpaired) electrons. The van der Waals surface area contributed by atoms with Crippen LogP contribution in [0.4, 0.5) is 18.9 Å². The van der Waals surface area contributed by atoms with Crippen LogP contribution in [0.15, 0.2) is 63.2 Å². The zero-order valence-electron chi connectivity index (χ0n) is 23.0. The predicted octanol–water partition coefficient (Wildman–Crippen LogP) is 2.76. The van der Waals surface area contributed by atoms with Gasteiger partial charge >= 0.3 is 5.51 Å². The quantitative estimate of drug-likeness (QED) is 0.296. The highest BCUT2D eigenvalue weighted by Crippen LogP contribution is 2.36. The first-order valence-electron chi connectivity index (χ1n) is 13.6. The molecule has 2 aliphatic heterocycles. The van der Waals surface area contributed by atoms with Gasteiger partial charge in [0.2, 0.25) is 0 Å². The second-order valence-corrected chi connectivity index (χ2v) is 14.7. The van der Waals surface area contributed by atoms with Gasteiger partial charge in [-0.1, -0.05) is 18.2 Å². The van der Waals surface area contributed by atoms with Crippen molar-refractivity contribution >= 4 is 37.3 Å². The van der Waals surface area contributed by atoms with Crippen molar-refractivity contribution < 1.29 is 34.7 Å². The van der Waals surface area contributed by atoms with Crippen molar-refractivity contribution in [3.8, 4) is 0 Å². The Morgan fingerprint density at radius 3 is 2.43 bits per heavy atom. The summed E-state index contributed by atoms with van der Waals surface area (Å²) in [7, 11) is -10.2. The Labute approximate surface area is 249 Å². The van der Waals surface area contributed by atoms with E-state index in [1.54, 1.807) is 0 Å². The first kappa shape index (κ1) is 33.0. The van der Waals surface area contributed by atoms with Crippen molar-refractivity contribution in [2.24, 2.45) is 0 Å². The summed E-state index contributed by atoms with van der Waals surface area (Å²) in [6, 6.07) is 11.8. The van der Waals surface area contributed by atoms with Crippen LogP contribution in [0.1, 0.15) is 12.8 Å². The number of hydrazine groups is 1. The maximum absolute atomic E-state index is 13.8. The number of thioether (sulfide) groups is 1. The maximum atomic E-state index is 13.8. The molecule has 2 aromatic rings. The number of benzene rings is 2. The molecule has 234 valence electrons. The number of rotatable bonds is 12. The van der Waals surface area contributed by atoms with Crippen molar-refractivity contribution in [1.29, 1.82) is 0 Å². The van der Waals surface area contributed by atoms with Gasteiger partial charge in [-0.05, 0) is 43.2 Å². The first-order valence-corrected chi connectivity index (χ1v) is 17.6. The van der Waals surface area contributed by atoms with E-state index in [2.05, 4.69) is 20.4 Å². The van der Waals surface area contributed by atoms with Gasteiger partial charge in [0.05, 0.1) is 17.2 Å². The molecule has 0 unspecified atom stereocenters. The van der Waals surface area contributed by atoms with E-state index in [1.165, 1.54) is 16.8 Å². The average Bonchev–Trinajstić information content (AvgIpc) is 3.24. The summed E-state index contributed by atoms with van der Waals surface area (Å²) in [6.07, 6.45) is 1.37. The third kappa shape index (κ3) is 9.05. The first-order chi connectivity index (χ1) is 20.0. The van der Waals surface area contributed by atoms with Gasteiger partial charge in [0, 0.05) is 69.1 Å². The van der Waals surface area contributed by atoms with Crippen LogP contribution in [0.3, 0.4) is 0 Å². The van der Waals surface area contributed by atoms with Crippen molar-refractivity contribution in [2.45, 2.75) is 39.1 Å². The molecule has 4 rings (SSSR count). The minimum Gasteiger partial charge on any atom is -0.380 e. The maximum Gasteiger partial charge on any atom is 0.501 e. The standard InChI is InChI=1S/C26H36F3N5O5S3/c27-26(28,29)41(35,36)25-19-23(42(37,38)32-34-14-10-30-11-15-34)7-8-24(25)31-21(20-40-22-5-2-1-3-6-22)9-13-33-12-4-17-39-18-16-33/h1-3,5-8,19,21,30-32H,4,9-18,20H2/t21-/m1/s1. The highest BCUT2D eigenvalue weighted by Gasteiger charge is 2.48. The average molecular weight is 652 g/mol. The lowest BCUT2D eigenvalue weighted by Gasteiger charge is -2.28. The van der Waals surface area contributed by atoms with E-state index in [0.717, 1.165) is 36.5 Å². The zero-order valence-corrected chi connectivity index (χ0v) is 25.4. The van der Waals surface area contributed by atoms with Crippen molar-refractivity contribution in [1.82, 2.24) is 20.1 Å². The van der Waals surface area contributed by atoms with Gasteiger partial charge in [-0.15, -0.1) is 16.6 Å². The van der Waals surface area contributed by atoms with Gasteiger partial charge in [-0.25, -0.2) is 21.8 Å². The van der Waals surface area contributed by atoms with Crippen LogP contribution in [-0.2, 0) is 24.6 Å². The molecule has 2 fully saturated rings. The lowest BCUT2D eigenvalue weighted by molar-refractivity contribution is -0.0435. The minimum atomic E-state index is -5.89. The Morgan fingerprint density at radius 1 is 0.976 bits per heavy atom. The molecule has 42 heavy (non-hydrogen) atoms. The number of piperazine rings is 1. The third-order valence-corrected chi connectivity index (χ3v) is 11.0. The largest absolute Gasteiger partial charge is 0.501 e. The molecule has 2 aliphatic rings. The Bertz CT molecular complexity index is 1370. The lowest BCUT2D eigenvalue weighted by Crippen LogP contribution is -2.52. The number of sulfone groups is 1. The van der Waals surface area contributed by atoms with E-state index in [-0.39, 0.29) is 5.69 Å². The Balaban J connectivity index is 1.62. The molecule has 0 spiro atoms. The molecule has 1 atom stereocenters. The summed E-state index contributed by atoms with van der Waals surface area (Å²) in [6.45, 7) is 5.14. The van der Waals surface area contributed by atoms with Crippen molar-refractivity contribution in [3.05, 3.63) is 48.5 Å². The molecule has 0 aromatic heterocycles. The molecular weight excluding hydrogens is 616 g/mol. The van der Waals surface area contributed by atoms with Gasteiger partial charge in [0.25, 0.3) is 19.9 Å². The molecule has 16 heteroatoms. The van der Waals surface area contributed by atoms with Gasteiger partial charge in [0.1, 0.15) is 4.90 Å². The number of alkyl halides is 3. The van der Waals surface area contributed by atoms with Crippen LogP contribution >= 0.6 is 11.8 Å². The SMILES string of the molecule is O=S(=O)(NN1CCNCC1)c1ccc(N[C@H](CCN2CCCOCC2)CSc2ccccc2)c(S(=O)(=O)C(F)(F)F)c1. The van der Waals surface area contributed by atoms with Crippen LogP contribution in [0.2, 0.25) is 0 Å². The number of anilines is 1. The number of sulfonamides is 1. The highest BCUT2D eigenvalue weighted by atomic mass is 32.2. The smallest absolute Gasteiger partial charge is 0.380 e. The normalized spacial score (nSPS) is 18.8. The molecule has 2 aromatic carbocycles. The second kappa shape index (κ2) is 14.7. The van der Waals surface area contributed by atoms with Crippen molar-refractivity contribution in [2.75, 3.05) is 70.1 Å². The fraction of sp³-hybridized carbons (Fsp3) is 0.538. The van der Waals surface area contributed by atoms with Gasteiger partial charge in [-0.2, -0.15) is 13.2 Å². The molecule has 3 N–H and O–H groups in total. The molecule has 10 nitrogen and oxygen atoms in total. The number of nitrogens with one attached hydrogen (secondary N) is 3. The summed E-state index contributed by atoms with van der Waals surface area (Å²) in [4.78, 5) is 3.80. The number of hydrogen-bond donors (Lipinski definition) is 3. The zero-order chi connectivity index (χ0) is 30.2. The number of nitrogens with zero attached hydrogens (tertiary/aromatic N) is 2. The molecule has 0 amide bonds. The minimum absolute atomic E-state index is 0.300. The van der Waals surface area contributed by atoms with E-state index < -0.39 is 41.2 Å². The topological polar surface area (TPSA) is 120 Å². The predicted molar refractivity (Wildman–Crippen MR) is 156 cm³/mol. The van der Waals surface area contributed by atoms with Crippen LogP contribution in [0.5, 0.6) is 0 Å². The van der Waals surface area contributed by atoms with E-state index in [0.29, 0.717) is 64.2 Å². The summed E-state index contributed by atoms with van der Waals surface area (Å²) in [5.74, 6) is 0.435. The highest BCUT2D eigenvalue weighted by molar-refractivity contribution is 7.99. The second-order valence-electron chi connectivity index (χ2n) is 10.0. The van der Waals surface area contributed by atoms with Crippen LogP contribution in [0, 0.1) is 0 Å². The van der Waals surface area contributed by atoms with Crippen LogP contribution in [-0.4, -0.2) is 103 Å². The fourth-order valence-corrected chi connectivity index (χ4v) is 7.77. The molecule has 0 saturated carbocycles. The van der Waals surface area contributed by atoms with Crippen LogP contribution in [0.25, 0.3) is 0 Å². The summed E-state index contributed by atoms with van der Waals surface area (Å²) in [5.41, 5.74) is -5.93. The number of hydrogen-bond acceptors (Lipinski definition) is 10. The molecule has 0 bridgehead atoms. The lowest BCUT2D eigenvalue weighted by atomic mass is 10.2. The summed E-state index contributed by atoms with van der Waals surface area (Å²) in [5, 5.41) is 7.50. The van der Waals surface area contributed by atoms with Gasteiger partial charge in [0.15, 0.2) is 0 Å². The Hall–Kier alpha value is -1.92. The summed E-state index contributed by atoms with van der Waals surface area (Å²) < 4.78 is 98.5. The molecule has 2 heterocycles. The van der Waals surface area contributed by atoms with Crippen molar-refractivity contribution in [3.63, 3.8) is 0 Å². The van der Waals surface area contributed by atoms with Gasteiger partial charge in [-0.3, -0.25) is 0 Å².